The predicted molar refractivity (Wildman–Crippen MR) is 68.3 cm³/mol. The molecule has 0 aromatic carbocycles. The molecule has 1 amide bonds. The molecule has 1 saturated heterocycles. The van der Waals surface area contributed by atoms with Crippen molar-refractivity contribution in [2.45, 2.75) is 25.9 Å². The van der Waals surface area contributed by atoms with E-state index in [1.54, 1.807) is 13.3 Å². The molecular formula is C13H19N3O2. The molecule has 1 fully saturated rings. The summed E-state index contributed by atoms with van der Waals surface area (Å²) in [5.74, 6) is 0.782. The van der Waals surface area contributed by atoms with Crippen molar-refractivity contribution in [3.05, 3.63) is 23.9 Å². The molecule has 5 heteroatoms. The molecular weight excluding hydrogens is 230 g/mol. The van der Waals surface area contributed by atoms with E-state index in [-0.39, 0.29) is 11.9 Å². The Balaban J connectivity index is 1.95. The van der Waals surface area contributed by atoms with Gasteiger partial charge in [0.1, 0.15) is 0 Å². The summed E-state index contributed by atoms with van der Waals surface area (Å²) >= 11 is 0. The van der Waals surface area contributed by atoms with Crippen LogP contribution in [-0.2, 0) is 11.3 Å². The maximum absolute atomic E-state index is 12.0. The van der Waals surface area contributed by atoms with Crippen LogP contribution >= 0.6 is 0 Å². The normalized spacial score (nSPS) is 19.3. The van der Waals surface area contributed by atoms with Crippen molar-refractivity contribution in [3.63, 3.8) is 0 Å². The average Bonchev–Trinajstić information content (AvgIpc) is 2.73. The molecule has 18 heavy (non-hydrogen) atoms. The Bertz CT molecular complexity index is 405. The summed E-state index contributed by atoms with van der Waals surface area (Å²) in [5, 5.41) is 3.20. The van der Waals surface area contributed by atoms with Gasteiger partial charge in [0.05, 0.1) is 13.2 Å². The second-order valence-electron chi connectivity index (χ2n) is 4.37. The number of amides is 1. The van der Waals surface area contributed by atoms with E-state index in [1.807, 2.05) is 24.0 Å². The molecule has 0 bridgehead atoms. The third-order valence-electron chi connectivity index (χ3n) is 3.13. The number of hydrogen-bond donors (Lipinski definition) is 1. The van der Waals surface area contributed by atoms with Gasteiger partial charge in [0.25, 0.3) is 0 Å². The molecule has 98 valence electrons. The monoisotopic (exact) mass is 249 g/mol. The summed E-state index contributed by atoms with van der Waals surface area (Å²) in [6.45, 7) is 4.28. The van der Waals surface area contributed by atoms with Gasteiger partial charge < -0.3 is 15.0 Å². The van der Waals surface area contributed by atoms with E-state index in [0.29, 0.717) is 12.4 Å². The largest absolute Gasteiger partial charge is 0.481 e. The number of rotatable bonds is 5. The zero-order valence-corrected chi connectivity index (χ0v) is 10.8. The van der Waals surface area contributed by atoms with Crippen LogP contribution in [0, 0.1) is 0 Å². The SMILES string of the molecule is CCNC1CCN(Cc2ccc(OC)nc2)C1=O. The number of pyridine rings is 1. The number of aromatic nitrogens is 1. The molecule has 1 aliphatic rings. The fourth-order valence-corrected chi connectivity index (χ4v) is 2.18. The molecule has 0 saturated carbocycles. The predicted octanol–water partition coefficient (Wildman–Crippen LogP) is 0.801. The van der Waals surface area contributed by atoms with E-state index in [4.69, 9.17) is 4.74 Å². The number of ether oxygens (including phenoxy) is 1. The van der Waals surface area contributed by atoms with Crippen LogP contribution in [0.25, 0.3) is 0 Å². The van der Waals surface area contributed by atoms with E-state index in [2.05, 4.69) is 10.3 Å². The molecule has 5 nitrogen and oxygen atoms in total. The lowest BCUT2D eigenvalue weighted by Crippen LogP contribution is -2.37. The number of likely N-dealkylation sites (tertiary alicyclic amines) is 1. The van der Waals surface area contributed by atoms with E-state index in [0.717, 1.165) is 25.1 Å². The molecule has 1 aromatic heterocycles. The Morgan fingerprint density at radius 1 is 1.56 bits per heavy atom. The molecule has 1 N–H and O–H groups in total. The highest BCUT2D eigenvalue weighted by atomic mass is 16.5. The second kappa shape index (κ2) is 5.82. The van der Waals surface area contributed by atoms with E-state index < -0.39 is 0 Å². The van der Waals surface area contributed by atoms with Crippen molar-refractivity contribution in [1.29, 1.82) is 0 Å². The third kappa shape index (κ3) is 2.79. The van der Waals surface area contributed by atoms with Gasteiger partial charge in [0, 0.05) is 25.4 Å². The van der Waals surface area contributed by atoms with Crippen LogP contribution in [0.1, 0.15) is 18.9 Å². The van der Waals surface area contributed by atoms with Crippen molar-refractivity contribution in [2.24, 2.45) is 0 Å². The fraction of sp³-hybridized carbons (Fsp3) is 0.538. The first-order valence-corrected chi connectivity index (χ1v) is 6.25. The molecule has 1 aliphatic heterocycles. The lowest BCUT2D eigenvalue weighted by molar-refractivity contribution is -0.129. The summed E-state index contributed by atoms with van der Waals surface area (Å²) in [6.07, 6.45) is 2.64. The quantitative estimate of drug-likeness (QED) is 0.838. The summed E-state index contributed by atoms with van der Waals surface area (Å²) < 4.78 is 5.01. The lowest BCUT2D eigenvalue weighted by atomic mass is 10.2. The van der Waals surface area contributed by atoms with Gasteiger partial charge in [-0.2, -0.15) is 0 Å². The van der Waals surface area contributed by atoms with E-state index in [9.17, 15) is 4.79 Å². The van der Waals surface area contributed by atoms with Crippen LogP contribution in [0.2, 0.25) is 0 Å². The number of likely N-dealkylation sites (N-methyl/N-ethyl adjacent to an activating group) is 1. The molecule has 0 radical (unpaired) electrons. The summed E-state index contributed by atoms with van der Waals surface area (Å²) in [7, 11) is 1.59. The first-order chi connectivity index (χ1) is 8.74. The van der Waals surface area contributed by atoms with Gasteiger partial charge in [-0.3, -0.25) is 4.79 Å². The number of methoxy groups -OCH3 is 1. The van der Waals surface area contributed by atoms with Gasteiger partial charge in [0.15, 0.2) is 0 Å². The molecule has 0 aliphatic carbocycles. The highest BCUT2D eigenvalue weighted by molar-refractivity contribution is 5.83. The van der Waals surface area contributed by atoms with Gasteiger partial charge in [0.2, 0.25) is 11.8 Å². The first-order valence-electron chi connectivity index (χ1n) is 6.25. The first kappa shape index (κ1) is 12.8. The lowest BCUT2D eigenvalue weighted by Gasteiger charge is -2.16. The molecule has 2 rings (SSSR count). The summed E-state index contributed by atoms with van der Waals surface area (Å²) in [6, 6.07) is 3.75. The van der Waals surface area contributed by atoms with Crippen molar-refractivity contribution in [1.82, 2.24) is 15.2 Å². The van der Waals surface area contributed by atoms with E-state index in [1.165, 1.54) is 0 Å². The molecule has 1 unspecified atom stereocenters. The van der Waals surface area contributed by atoms with Crippen LogP contribution in [0.4, 0.5) is 0 Å². The number of carbonyl (C=O) groups excluding carboxylic acids is 1. The zero-order chi connectivity index (χ0) is 13.0. The molecule has 1 aromatic rings. The maximum Gasteiger partial charge on any atom is 0.240 e. The Hall–Kier alpha value is -1.62. The van der Waals surface area contributed by atoms with Gasteiger partial charge in [-0.25, -0.2) is 4.98 Å². The van der Waals surface area contributed by atoms with Gasteiger partial charge in [-0.1, -0.05) is 13.0 Å². The number of carbonyl (C=O) groups is 1. The summed E-state index contributed by atoms with van der Waals surface area (Å²) in [5.41, 5.74) is 1.03. The minimum Gasteiger partial charge on any atom is -0.481 e. The van der Waals surface area contributed by atoms with Crippen molar-refractivity contribution in [3.8, 4) is 5.88 Å². The zero-order valence-electron chi connectivity index (χ0n) is 10.8. The Kier molecular flexibility index (Phi) is 4.15. The topological polar surface area (TPSA) is 54.5 Å². The molecule has 1 atom stereocenters. The number of hydrogen-bond acceptors (Lipinski definition) is 4. The highest BCUT2D eigenvalue weighted by Crippen LogP contribution is 2.15. The smallest absolute Gasteiger partial charge is 0.240 e. The van der Waals surface area contributed by atoms with Crippen LogP contribution in [0.15, 0.2) is 18.3 Å². The van der Waals surface area contributed by atoms with Gasteiger partial charge in [-0.15, -0.1) is 0 Å². The highest BCUT2D eigenvalue weighted by Gasteiger charge is 2.30. The molecule has 2 heterocycles. The average molecular weight is 249 g/mol. The maximum atomic E-state index is 12.0. The van der Waals surface area contributed by atoms with Crippen molar-refractivity contribution in [2.75, 3.05) is 20.2 Å². The minimum atomic E-state index is -0.0128. The van der Waals surface area contributed by atoms with Gasteiger partial charge in [-0.05, 0) is 18.5 Å². The van der Waals surface area contributed by atoms with Crippen molar-refractivity contribution >= 4 is 5.91 Å². The standard InChI is InChI=1S/C13H19N3O2/c1-3-14-11-6-7-16(13(11)17)9-10-4-5-12(18-2)15-8-10/h4-5,8,11,14H,3,6-7,9H2,1-2H3. The van der Waals surface area contributed by atoms with Crippen LogP contribution in [0.5, 0.6) is 5.88 Å². The van der Waals surface area contributed by atoms with Gasteiger partial charge >= 0.3 is 0 Å². The Labute approximate surface area is 107 Å². The van der Waals surface area contributed by atoms with Crippen LogP contribution in [-0.4, -0.2) is 42.0 Å². The third-order valence-corrected chi connectivity index (χ3v) is 3.13. The molecule has 0 spiro atoms. The van der Waals surface area contributed by atoms with Crippen LogP contribution in [0.3, 0.4) is 0 Å². The van der Waals surface area contributed by atoms with E-state index >= 15 is 0 Å². The number of nitrogens with one attached hydrogen (secondary N) is 1. The Morgan fingerprint density at radius 2 is 2.39 bits per heavy atom. The minimum absolute atomic E-state index is 0.0128. The number of nitrogens with zero attached hydrogens (tertiary/aromatic N) is 2. The fourth-order valence-electron chi connectivity index (χ4n) is 2.18. The second-order valence-corrected chi connectivity index (χ2v) is 4.37. The van der Waals surface area contributed by atoms with Crippen LogP contribution < -0.4 is 10.1 Å². The Morgan fingerprint density at radius 3 is 3.00 bits per heavy atom. The van der Waals surface area contributed by atoms with Crippen molar-refractivity contribution < 1.29 is 9.53 Å². The summed E-state index contributed by atoms with van der Waals surface area (Å²) in [4.78, 5) is 18.1.